The maximum atomic E-state index is 6.04. The monoisotopic (exact) mass is 280 g/mol. The number of fused-ring (bicyclic) bond motifs is 1. The van der Waals surface area contributed by atoms with Crippen LogP contribution < -0.4 is 9.64 Å². The van der Waals surface area contributed by atoms with Crippen molar-refractivity contribution in [3.05, 3.63) is 59.7 Å². The van der Waals surface area contributed by atoms with E-state index >= 15 is 0 Å². The van der Waals surface area contributed by atoms with Crippen LogP contribution in [-0.2, 0) is 6.61 Å². The molecule has 0 aliphatic rings. The predicted octanol–water partition coefficient (Wildman–Crippen LogP) is 4.12. The van der Waals surface area contributed by atoms with Gasteiger partial charge in [0.05, 0.1) is 5.52 Å². The van der Waals surface area contributed by atoms with Crippen molar-refractivity contribution in [2.24, 2.45) is 0 Å². The zero-order valence-electron chi connectivity index (χ0n) is 12.7. The number of aromatic amines is 1. The van der Waals surface area contributed by atoms with Crippen molar-refractivity contribution in [3.8, 4) is 5.75 Å². The summed E-state index contributed by atoms with van der Waals surface area (Å²) >= 11 is 0. The van der Waals surface area contributed by atoms with Crippen LogP contribution in [0.4, 0.5) is 5.82 Å². The van der Waals surface area contributed by atoms with E-state index in [9.17, 15) is 0 Å². The van der Waals surface area contributed by atoms with Crippen molar-refractivity contribution in [3.63, 3.8) is 0 Å². The molecule has 21 heavy (non-hydrogen) atoms. The highest BCUT2D eigenvalue weighted by molar-refractivity contribution is 5.93. The number of nitrogens with zero attached hydrogens (tertiary/aromatic N) is 1. The zero-order chi connectivity index (χ0) is 14.8. The molecule has 0 aliphatic heterocycles. The van der Waals surface area contributed by atoms with E-state index in [2.05, 4.69) is 35.0 Å². The maximum Gasteiger partial charge on any atom is 0.129 e. The summed E-state index contributed by atoms with van der Waals surface area (Å²) < 4.78 is 6.04. The molecule has 3 heteroatoms. The Morgan fingerprint density at radius 1 is 1.00 bits per heavy atom. The Hall–Kier alpha value is -2.42. The normalized spacial score (nSPS) is 10.8. The second-order valence-electron chi connectivity index (χ2n) is 5.45. The number of hydrogen-bond donors (Lipinski definition) is 1. The van der Waals surface area contributed by atoms with Crippen molar-refractivity contribution < 1.29 is 4.74 Å². The highest BCUT2D eigenvalue weighted by Gasteiger charge is 2.13. The summed E-state index contributed by atoms with van der Waals surface area (Å²) in [6.07, 6.45) is 0. The molecule has 3 nitrogen and oxygen atoms in total. The number of aryl methyl sites for hydroxylation is 1. The van der Waals surface area contributed by atoms with Crippen LogP contribution in [0.1, 0.15) is 11.1 Å². The smallest absolute Gasteiger partial charge is 0.129 e. The highest BCUT2D eigenvalue weighted by Crippen LogP contribution is 2.34. The number of nitrogens with one attached hydrogen (secondary N) is 1. The number of H-pyrrole nitrogens is 1. The molecule has 1 heterocycles. The van der Waals surface area contributed by atoms with Crippen molar-refractivity contribution in [2.45, 2.75) is 13.5 Å². The van der Waals surface area contributed by atoms with Crippen LogP contribution in [0.15, 0.2) is 48.5 Å². The Morgan fingerprint density at radius 2 is 1.76 bits per heavy atom. The van der Waals surface area contributed by atoms with Gasteiger partial charge in [0.15, 0.2) is 0 Å². The largest absolute Gasteiger partial charge is 0.488 e. The molecule has 0 amide bonds. The SMILES string of the molecule is Cc1c(N(C)C)[nH]c2cccc(OCc3ccccc3)c12. The number of hydrogen-bond acceptors (Lipinski definition) is 2. The molecule has 1 aromatic heterocycles. The van der Waals surface area contributed by atoms with E-state index in [1.54, 1.807) is 0 Å². The van der Waals surface area contributed by atoms with Gasteiger partial charge in [0.2, 0.25) is 0 Å². The second-order valence-corrected chi connectivity index (χ2v) is 5.45. The van der Waals surface area contributed by atoms with E-state index in [1.807, 2.05) is 44.4 Å². The van der Waals surface area contributed by atoms with Crippen LogP contribution in [-0.4, -0.2) is 19.1 Å². The average molecular weight is 280 g/mol. The molecule has 0 spiro atoms. The van der Waals surface area contributed by atoms with Crippen molar-refractivity contribution in [1.82, 2.24) is 4.98 Å². The molecule has 2 aromatic carbocycles. The average Bonchev–Trinajstić information content (AvgIpc) is 2.84. The molecule has 0 saturated carbocycles. The Bertz CT molecular complexity index is 745. The van der Waals surface area contributed by atoms with Gasteiger partial charge in [0.1, 0.15) is 18.2 Å². The fourth-order valence-electron chi connectivity index (χ4n) is 2.66. The molecular weight excluding hydrogens is 260 g/mol. The molecular formula is C18H20N2O. The minimum absolute atomic E-state index is 0.585. The summed E-state index contributed by atoms with van der Waals surface area (Å²) in [7, 11) is 4.09. The lowest BCUT2D eigenvalue weighted by atomic mass is 10.1. The number of rotatable bonds is 4. The summed E-state index contributed by atoms with van der Waals surface area (Å²) in [6, 6.07) is 16.4. The van der Waals surface area contributed by atoms with Crippen LogP contribution in [0.2, 0.25) is 0 Å². The third-order valence-electron chi connectivity index (χ3n) is 3.69. The summed E-state index contributed by atoms with van der Waals surface area (Å²) in [5.74, 6) is 2.05. The molecule has 0 saturated heterocycles. The maximum absolute atomic E-state index is 6.04. The lowest BCUT2D eigenvalue weighted by Crippen LogP contribution is -2.09. The van der Waals surface area contributed by atoms with E-state index in [0.29, 0.717) is 6.61 Å². The zero-order valence-corrected chi connectivity index (χ0v) is 12.7. The first-order valence-corrected chi connectivity index (χ1v) is 7.12. The summed E-state index contributed by atoms with van der Waals surface area (Å²) in [5.41, 5.74) is 3.51. The fourth-order valence-corrected chi connectivity index (χ4v) is 2.66. The first-order valence-electron chi connectivity index (χ1n) is 7.12. The van der Waals surface area contributed by atoms with Gasteiger partial charge in [-0.1, -0.05) is 36.4 Å². The minimum Gasteiger partial charge on any atom is -0.488 e. The standard InChI is InChI=1S/C18H20N2O/c1-13-17-15(19-18(13)20(2)3)10-7-11-16(17)21-12-14-8-5-4-6-9-14/h4-11,19H,12H2,1-3H3. The third-order valence-corrected chi connectivity index (χ3v) is 3.69. The Morgan fingerprint density at radius 3 is 2.48 bits per heavy atom. The van der Waals surface area contributed by atoms with Crippen LogP contribution in [0.5, 0.6) is 5.75 Å². The van der Waals surface area contributed by atoms with Gasteiger partial charge < -0.3 is 14.6 Å². The van der Waals surface area contributed by atoms with Gasteiger partial charge in [-0.25, -0.2) is 0 Å². The van der Waals surface area contributed by atoms with Crippen LogP contribution >= 0.6 is 0 Å². The fraction of sp³-hybridized carbons (Fsp3) is 0.222. The molecule has 1 N–H and O–H groups in total. The first kappa shape index (κ1) is 13.6. The summed E-state index contributed by atoms with van der Waals surface area (Å²) in [6.45, 7) is 2.71. The molecule has 3 rings (SSSR count). The molecule has 0 bridgehead atoms. The second kappa shape index (κ2) is 5.52. The van der Waals surface area contributed by atoms with Crippen molar-refractivity contribution in [1.29, 1.82) is 0 Å². The van der Waals surface area contributed by atoms with Crippen LogP contribution in [0.3, 0.4) is 0 Å². The van der Waals surface area contributed by atoms with Crippen LogP contribution in [0, 0.1) is 6.92 Å². The number of benzene rings is 2. The quantitative estimate of drug-likeness (QED) is 0.778. The Balaban J connectivity index is 1.95. The topological polar surface area (TPSA) is 28.3 Å². The predicted molar refractivity (Wildman–Crippen MR) is 88.1 cm³/mol. The van der Waals surface area contributed by atoms with E-state index in [0.717, 1.165) is 22.5 Å². The number of ether oxygens (including phenoxy) is 1. The highest BCUT2D eigenvalue weighted by atomic mass is 16.5. The minimum atomic E-state index is 0.585. The van der Waals surface area contributed by atoms with Gasteiger partial charge in [-0.3, -0.25) is 0 Å². The molecule has 0 atom stereocenters. The number of anilines is 1. The Kier molecular flexibility index (Phi) is 3.57. The molecule has 0 aliphatic carbocycles. The summed E-state index contributed by atoms with van der Waals surface area (Å²) in [4.78, 5) is 5.54. The van der Waals surface area contributed by atoms with Crippen molar-refractivity contribution >= 4 is 16.7 Å². The molecule has 0 radical (unpaired) electrons. The van der Waals surface area contributed by atoms with Gasteiger partial charge in [0.25, 0.3) is 0 Å². The first-order chi connectivity index (χ1) is 10.2. The van der Waals surface area contributed by atoms with Gasteiger partial charge >= 0.3 is 0 Å². The lowest BCUT2D eigenvalue weighted by molar-refractivity contribution is 0.310. The van der Waals surface area contributed by atoms with E-state index in [1.165, 1.54) is 11.1 Å². The van der Waals surface area contributed by atoms with Gasteiger partial charge in [-0.05, 0) is 24.6 Å². The number of aromatic nitrogens is 1. The van der Waals surface area contributed by atoms with Gasteiger partial charge in [-0.15, -0.1) is 0 Å². The van der Waals surface area contributed by atoms with Crippen molar-refractivity contribution in [2.75, 3.05) is 19.0 Å². The van der Waals surface area contributed by atoms with Gasteiger partial charge in [-0.2, -0.15) is 0 Å². The summed E-state index contributed by atoms with van der Waals surface area (Å²) in [5, 5.41) is 1.16. The van der Waals surface area contributed by atoms with Gasteiger partial charge in [0, 0.05) is 25.0 Å². The Labute approximate surface area is 125 Å². The van der Waals surface area contributed by atoms with Crippen LogP contribution in [0.25, 0.3) is 10.9 Å². The molecule has 3 aromatic rings. The van der Waals surface area contributed by atoms with E-state index in [4.69, 9.17) is 4.74 Å². The molecule has 108 valence electrons. The van der Waals surface area contributed by atoms with E-state index < -0.39 is 0 Å². The molecule has 0 unspecified atom stereocenters. The third kappa shape index (κ3) is 2.59. The lowest BCUT2D eigenvalue weighted by Gasteiger charge is -2.11. The van der Waals surface area contributed by atoms with E-state index in [-0.39, 0.29) is 0 Å². The molecule has 0 fully saturated rings.